The normalized spacial score (nSPS) is 25.7. The Balaban J connectivity index is 1.98. The standard InChI is InChI=1S/C13H17FN2/c14-11-5-3-4-10-8-15-9-12(13(10)11)16-6-1-2-7-16/h3-5,12,15H,1-2,6-9H2/p+2/t12-/m1/s1. The van der Waals surface area contributed by atoms with Crippen molar-refractivity contribution in [3.63, 3.8) is 0 Å². The first kappa shape index (κ1) is 10.2. The number of benzene rings is 1. The molecule has 1 atom stereocenters. The average molecular weight is 222 g/mol. The molecule has 0 amide bonds. The first-order valence-corrected chi connectivity index (χ1v) is 6.30. The van der Waals surface area contributed by atoms with Crippen LogP contribution in [0, 0.1) is 5.82 Å². The largest absolute Gasteiger partial charge is 0.337 e. The van der Waals surface area contributed by atoms with Crippen LogP contribution in [0.1, 0.15) is 30.0 Å². The summed E-state index contributed by atoms with van der Waals surface area (Å²) >= 11 is 0. The van der Waals surface area contributed by atoms with E-state index in [4.69, 9.17) is 0 Å². The molecule has 0 bridgehead atoms. The van der Waals surface area contributed by atoms with E-state index in [2.05, 4.69) is 11.4 Å². The molecule has 3 N–H and O–H groups in total. The molecule has 0 saturated carbocycles. The van der Waals surface area contributed by atoms with Gasteiger partial charge in [0.2, 0.25) is 0 Å². The van der Waals surface area contributed by atoms with Crippen LogP contribution in [0.3, 0.4) is 0 Å². The highest BCUT2D eigenvalue weighted by molar-refractivity contribution is 5.30. The Bertz CT molecular complexity index is 386. The van der Waals surface area contributed by atoms with Gasteiger partial charge >= 0.3 is 0 Å². The van der Waals surface area contributed by atoms with E-state index in [1.807, 2.05) is 6.07 Å². The molecule has 0 radical (unpaired) electrons. The number of likely N-dealkylation sites (tertiary alicyclic amines) is 1. The van der Waals surface area contributed by atoms with Crippen LogP contribution < -0.4 is 10.2 Å². The van der Waals surface area contributed by atoms with E-state index < -0.39 is 0 Å². The number of fused-ring (bicyclic) bond motifs is 1. The third kappa shape index (κ3) is 1.64. The fourth-order valence-electron chi connectivity index (χ4n) is 3.22. The Morgan fingerprint density at radius 3 is 2.88 bits per heavy atom. The van der Waals surface area contributed by atoms with Crippen molar-refractivity contribution in [2.45, 2.75) is 25.4 Å². The number of hydrogen-bond donors (Lipinski definition) is 2. The van der Waals surface area contributed by atoms with Crippen LogP contribution in [0.5, 0.6) is 0 Å². The van der Waals surface area contributed by atoms with Gasteiger partial charge in [-0.05, 0) is 6.07 Å². The summed E-state index contributed by atoms with van der Waals surface area (Å²) in [6, 6.07) is 5.92. The van der Waals surface area contributed by atoms with E-state index in [9.17, 15) is 4.39 Å². The molecule has 0 aliphatic carbocycles. The highest BCUT2D eigenvalue weighted by Crippen LogP contribution is 2.21. The molecule has 1 fully saturated rings. The molecular formula is C13H19FN2+2. The van der Waals surface area contributed by atoms with E-state index >= 15 is 0 Å². The Morgan fingerprint density at radius 1 is 1.25 bits per heavy atom. The molecule has 1 aromatic rings. The van der Waals surface area contributed by atoms with Crippen molar-refractivity contribution in [2.24, 2.45) is 0 Å². The number of halogens is 1. The highest BCUT2D eigenvalue weighted by atomic mass is 19.1. The van der Waals surface area contributed by atoms with Crippen molar-refractivity contribution in [1.82, 2.24) is 0 Å². The molecule has 3 heteroatoms. The average Bonchev–Trinajstić information content (AvgIpc) is 2.82. The van der Waals surface area contributed by atoms with Gasteiger partial charge in [0.05, 0.1) is 18.7 Å². The maximum Gasteiger partial charge on any atom is 0.166 e. The van der Waals surface area contributed by atoms with Gasteiger partial charge < -0.3 is 10.2 Å². The molecule has 2 nitrogen and oxygen atoms in total. The summed E-state index contributed by atoms with van der Waals surface area (Å²) in [5.41, 5.74) is 2.21. The molecule has 2 aliphatic heterocycles. The minimum absolute atomic E-state index is 0.00926. The van der Waals surface area contributed by atoms with Gasteiger partial charge in [-0.1, -0.05) is 12.1 Å². The molecule has 86 valence electrons. The Labute approximate surface area is 95.4 Å². The predicted octanol–water partition coefficient (Wildman–Crippen LogP) is -0.377. The summed E-state index contributed by atoms with van der Waals surface area (Å²) in [5, 5.41) is 2.32. The van der Waals surface area contributed by atoms with Crippen LogP contribution in [-0.4, -0.2) is 19.6 Å². The summed E-state index contributed by atoms with van der Waals surface area (Å²) in [4.78, 5) is 1.59. The van der Waals surface area contributed by atoms with Gasteiger partial charge in [-0.3, -0.25) is 0 Å². The zero-order chi connectivity index (χ0) is 11.0. The SMILES string of the molecule is Fc1cccc2c1[C@H]([NH+]1CCCC1)C[NH2+]C2. The molecule has 3 rings (SSSR count). The first-order valence-electron chi connectivity index (χ1n) is 6.30. The molecule has 1 aromatic carbocycles. The quantitative estimate of drug-likeness (QED) is 0.646. The van der Waals surface area contributed by atoms with Gasteiger partial charge in [0.1, 0.15) is 18.9 Å². The van der Waals surface area contributed by atoms with Gasteiger partial charge in [-0.15, -0.1) is 0 Å². The van der Waals surface area contributed by atoms with Crippen molar-refractivity contribution in [2.75, 3.05) is 19.6 Å². The second kappa shape index (κ2) is 4.15. The lowest BCUT2D eigenvalue weighted by Gasteiger charge is -2.28. The summed E-state index contributed by atoms with van der Waals surface area (Å²) in [6.45, 7) is 4.42. The van der Waals surface area contributed by atoms with Crippen LogP contribution in [-0.2, 0) is 6.54 Å². The van der Waals surface area contributed by atoms with Gasteiger partial charge in [0.25, 0.3) is 0 Å². The minimum Gasteiger partial charge on any atom is -0.337 e. The van der Waals surface area contributed by atoms with Crippen LogP contribution in [0.15, 0.2) is 18.2 Å². The molecule has 16 heavy (non-hydrogen) atoms. The van der Waals surface area contributed by atoms with Crippen molar-refractivity contribution >= 4 is 0 Å². The molecule has 0 aromatic heterocycles. The summed E-state index contributed by atoms with van der Waals surface area (Å²) < 4.78 is 13.9. The second-order valence-electron chi connectivity index (χ2n) is 4.96. The van der Waals surface area contributed by atoms with Crippen LogP contribution in [0.4, 0.5) is 4.39 Å². The monoisotopic (exact) mass is 222 g/mol. The number of hydrogen-bond acceptors (Lipinski definition) is 0. The van der Waals surface area contributed by atoms with E-state index in [-0.39, 0.29) is 5.82 Å². The molecular weight excluding hydrogens is 203 g/mol. The van der Waals surface area contributed by atoms with Crippen LogP contribution in [0.25, 0.3) is 0 Å². The predicted molar refractivity (Wildman–Crippen MR) is 59.6 cm³/mol. The molecule has 0 unspecified atom stereocenters. The third-order valence-corrected chi connectivity index (χ3v) is 4.00. The zero-order valence-electron chi connectivity index (χ0n) is 9.51. The fraction of sp³-hybridized carbons (Fsp3) is 0.538. The minimum atomic E-state index is 0.00926. The lowest BCUT2D eigenvalue weighted by atomic mass is 9.95. The number of nitrogens with two attached hydrogens (primary N) is 1. The molecule has 0 spiro atoms. The summed E-state index contributed by atoms with van der Waals surface area (Å²) in [5.74, 6) is 0.00926. The van der Waals surface area contributed by atoms with Gasteiger partial charge in [-0.2, -0.15) is 0 Å². The smallest absolute Gasteiger partial charge is 0.166 e. The van der Waals surface area contributed by atoms with Crippen LogP contribution in [0.2, 0.25) is 0 Å². The van der Waals surface area contributed by atoms with Crippen molar-refractivity contribution in [1.29, 1.82) is 0 Å². The maximum atomic E-state index is 13.9. The summed E-state index contributed by atoms with van der Waals surface area (Å²) in [6.07, 6.45) is 2.60. The van der Waals surface area contributed by atoms with Gasteiger partial charge in [0.15, 0.2) is 6.04 Å². The van der Waals surface area contributed by atoms with E-state index in [0.29, 0.717) is 6.04 Å². The Kier molecular flexibility index (Phi) is 2.65. The lowest BCUT2D eigenvalue weighted by molar-refractivity contribution is -0.937. The molecule has 2 heterocycles. The van der Waals surface area contributed by atoms with Crippen molar-refractivity contribution in [3.8, 4) is 0 Å². The number of quaternary nitrogens is 2. The highest BCUT2D eigenvalue weighted by Gasteiger charge is 2.35. The van der Waals surface area contributed by atoms with Gasteiger partial charge in [-0.25, -0.2) is 4.39 Å². The van der Waals surface area contributed by atoms with Crippen LogP contribution >= 0.6 is 0 Å². The van der Waals surface area contributed by atoms with E-state index in [1.54, 1.807) is 11.0 Å². The molecule has 2 aliphatic rings. The number of nitrogens with one attached hydrogen (secondary N) is 1. The first-order chi connectivity index (χ1) is 7.86. The number of rotatable bonds is 1. The van der Waals surface area contributed by atoms with Crippen molar-refractivity contribution in [3.05, 3.63) is 35.1 Å². The fourth-order valence-corrected chi connectivity index (χ4v) is 3.22. The third-order valence-electron chi connectivity index (χ3n) is 4.00. The lowest BCUT2D eigenvalue weighted by Crippen LogP contribution is -3.13. The maximum absolute atomic E-state index is 13.9. The van der Waals surface area contributed by atoms with E-state index in [0.717, 1.165) is 18.7 Å². The zero-order valence-corrected chi connectivity index (χ0v) is 9.51. The van der Waals surface area contributed by atoms with Crippen molar-refractivity contribution < 1.29 is 14.6 Å². The Morgan fingerprint density at radius 2 is 2.06 bits per heavy atom. The Hall–Kier alpha value is -0.930. The topological polar surface area (TPSA) is 21.1 Å². The van der Waals surface area contributed by atoms with Gasteiger partial charge in [0, 0.05) is 18.4 Å². The van der Waals surface area contributed by atoms with E-state index in [1.165, 1.54) is 31.5 Å². The molecule has 1 saturated heterocycles. The summed E-state index contributed by atoms with van der Waals surface area (Å²) in [7, 11) is 0. The second-order valence-corrected chi connectivity index (χ2v) is 4.96.